The van der Waals surface area contributed by atoms with E-state index >= 15 is 0 Å². The molecule has 0 aromatic rings. The molecule has 12 N–H and O–H groups in total. The second kappa shape index (κ2) is 22.7. The maximum atomic E-state index is 10.6. The Bertz CT molecular complexity index is 736. The topological polar surface area (TPSA) is 278 Å². The first kappa shape index (κ1) is 41.6. The molecule has 0 radical (unpaired) electrons. The third-order valence-electron chi connectivity index (χ3n) is 3.34. The molecule has 0 saturated heterocycles. The quantitative estimate of drug-likeness (QED) is 0.0569. The van der Waals surface area contributed by atoms with Gasteiger partial charge in [0.05, 0.1) is 11.7 Å². The summed E-state index contributed by atoms with van der Waals surface area (Å²) in [7, 11) is 0. The number of thioether (sulfide) groups is 2. The third-order valence-corrected chi connectivity index (χ3v) is 5.89. The van der Waals surface area contributed by atoms with Crippen molar-refractivity contribution in [3.05, 3.63) is 12.2 Å². The molecular formula is C20H39ClN6O8S2. The summed E-state index contributed by atoms with van der Waals surface area (Å²) < 4.78 is 0. The van der Waals surface area contributed by atoms with Gasteiger partial charge in [-0.2, -0.15) is 23.5 Å². The van der Waals surface area contributed by atoms with Crippen LogP contribution in [0.5, 0.6) is 0 Å². The van der Waals surface area contributed by atoms with E-state index in [4.69, 9.17) is 43.4 Å². The fourth-order valence-electron chi connectivity index (χ4n) is 1.41. The number of rotatable bonds is 14. The average Bonchev–Trinajstić information content (AvgIpc) is 2.72. The number of amidine groups is 2. The number of carbonyl (C=O) groups is 4. The number of hydrogen-bond donors (Lipinski definition) is 8. The van der Waals surface area contributed by atoms with Gasteiger partial charge in [0.1, 0.15) is 11.1 Å². The van der Waals surface area contributed by atoms with E-state index in [1.165, 1.54) is 37.4 Å². The molecule has 0 heterocycles. The third kappa shape index (κ3) is 31.4. The molecule has 0 fully saturated rings. The van der Waals surface area contributed by atoms with Crippen molar-refractivity contribution in [3.63, 3.8) is 0 Å². The van der Waals surface area contributed by atoms with Crippen LogP contribution in [0, 0.1) is 0 Å². The van der Waals surface area contributed by atoms with Crippen molar-refractivity contribution in [3.8, 4) is 0 Å². The Morgan fingerprint density at radius 2 is 1.00 bits per heavy atom. The Morgan fingerprint density at radius 3 is 1.19 bits per heavy atom. The largest absolute Gasteiger partial charge is 0.480 e. The van der Waals surface area contributed by atoms with Crippen LogP contribution in [0.2, 0.25) is 0 Å². The number of nitrogens with two attached hydrogens (primary N) is 4. The summed E-state index contributed by atoms with van der Waals surface area (Å²) in [5.41, 5.74) is 19.4. The molecule has 2 atom stereocenters. The summed E-state index contributed by atoms with van der Waals surface area (Å²) >= 11 is 2.92. The van der Waals surface area contributed by atoms with E-state index in [0.29, 0.717) is 48.4 Å². The standard InChI is InChI=1S/2C8H17N3O2S.C4H4O4.ClH/c2*1-6(9)11-3-4-14-5-8(2,10)7(12)13;5-3(6)1-2-4(7)8;/h2*3-5,10H2,1-2H3,(H2,9,11)(H,12,13);1-2H,(H,5,6)(H,7,8);1H/t2*8-;;/m00../s1. The summed E-state index contributed by atoms with van der Waals surface area (Å²) in [6.45, 7) is 7.63. The first-order chi connectivity index (χ1) is 16.3. The van der Waals surface area contributed by atoms with E-state index < -0.39 is 35.0 Å². The molecule has 0 saturated carbocycles. The smallest absolute Gasteiger partial charge is 0.328 e. The molecular weight excluding hydrogens is 552 g/mol. The molecule has 0 aliphatic rings. The van der Waals surface area contributed by atoms with Gasteiger partial charge in [-0.25, -0.2) is 9.59 Å². The molecule has 14 nitrogen and oxygen atoms in total. The van der Waals surface area contributed by atoms with Crippen LogP contribution in [0.3, 0.4) is 0 Å². The molecule has 0 amide bonds. The highest BCUT2D eigenvalue weighted by Crippen LogP contribution is 2.11. The monoisotopic (exact) mass is 590 g/mol. The minimum Gasteiger partial charge on any atom is -0.480 e. The van der Waals surface area contributed by atoms with Gasteiger partial charge >= 0.3 is 23.9 Å². The van der Waals surface area contributed by atoms with E-state index in [1.807, 2.05) is 0 Å². The summed E-state index contributed by atoms with van der Waals surface area (Å²) in [4.78, 5) is 48.3. The first-order valence-corrected chi connectivity index (χ1v) is 12.5. The lowest BCUT2D eigenvalue weighted by Gasteiger charge is -2.17. The van der Waals surface area contributed by atoms with Crippen molar-refractivity contribution in [2.24, 2.45) is 32.9 Å². The van der Waals surface area contributed by atoms with Crippen molar-refractivity contribution in [1.29, 1.82) is 0 Å². The normalized spacial score (nSPS) is 14.4. The van der Waals surface area contributed by atoms with Gasteiger partial charge in [-0.05, 0) is 27.7 Å². The lowest BCUT2D eigenvalue weighted by atomic mass is 10.1. The predicted molar refractivity (Wildman–Crippen MR) is 151 cm³/mol. The van der Waals surface area contributed by atoms with E-state index in [-0.39, 0.29) is 12.4 Å². The molecule has 17 heteroatoms. The summed E-state index contributed by atoms with van der Waals surface area (Å²) in [5, 5.41) is 33.0. The molecule has 216 valence electrons. The van der Waals surface area contributed by atoms with Crippen LogP contribution in [0.15, 0.2) is 22.1 Å². The number of aliphatic imine (C=N–C) groups is 2. The highest BCUT2D eigenvalue weighted by atomic mass is 35.5. The number of nitrogens with zero attached hydrogens (tertiary/aromatic N) is 2. The molecule has 0 aromatic carbocycles. The molecule has 37 heavy (non-hydrogen) atoms. The summed E-state index contributed by atoms with van der Waals surface area (Å²) in [6, 6.07) is 0. The van der Waals surface area contributed by atoms with Crippen molar-refractivity contribution in [2.45, 2.75) is 38.8 Å². The van der Waals surface area contributed by atoms with Crippen LogP contribution >= 0.6 is 35.9 Å². The number of carboxylic acid groups (broad SMARTS) is 4. The molecule has 0 unspecified atom stereocenters. The van der Waals surface area contributed by atoms with E-state index in [2.05, 4.69) is 9.98 Å². The average molecular weight is 591 g/mol. The molecule has 0 aromatic heterocycles. The van der Waals surface area contributed by atoms with Crippen LogP contribution in [0.4, 0.5) is 0 Å². The fourth-order valence-corrected chi connectivity index (χ4v) is 3.23. The summed E-state index contributed by atoms with van der Waals surface area (Å²) in [6.07, 6.45) is 1.12. The zero-order valence-corrected chi connectivity index (χ0v) is 23.7. The van der Waals surface area contributed by atoms with Crippen molar-refractivity contribution in [1.82, 2.24) is 0 Å². The Hall–Kier alpha value is -2.53. The molecule has 0 bridgehead atoms. The van der Waals surface area contributed by atoms with E-state index in [0.717, 1.165) is 11.5 Å². The minimum atomic E-state index is -1.26. The number of hydrogen-bond acceptors (Lipinski definition) is 10. The minimum absolute atomic E-state index is 0. The predicted octanol–water partition coefficient (Wildman–Crippen LogP) is -0.0690. The lowest BCUT2D eigenvalue weighted by Crippen LogP contribution is -2.47. The number of aliphatic carboxylic acids is 4. The van der Waals surface area contributed by atoms with Crippen LogP contribution in [0.25, 0.3) is 0 Å². The van der Waals surface area contributed by atoms with Gasteiger partial charge in [0.25, 0.3) is 0 Å². The van der Waals surface area contributed by atoms with Crippen LogP contribution < -0.4 is 22.9 Å². The highest BCUT2D eigenvalue weighted by Gasteiger charge is 2.27. The zero-order chi connectivity index (χ0) is 28.9. The SMILES string of the molecule is CC(N)=NCCSC[C@](C)(N)C(=O)O.CC(N)=NCCSC[C@](C)(N)C(=O)O.Cl.O=C(O)C=CC(=O)O. The van der Waals surface area contributed by atoms with Crippen molar-refractivity contribution >= 4 is 71.5 Å². The van der Waals surface area contributed by atoms with Gasteiger partial charge in [-0.15, -0.1) is 12.4 Å². The van der Waals surface area contributed by atoms with Gasteiger partial charge < -0.3 is 43.4 Å². The number of carboxylic acids is 4. The first-order valence-electron chi connectivity index (χ1n) is 10.2. The summed E-state index contributed by atoms with van der Waals surface area (Å²) in [5.74, 6) is -1.18. The second-order valence-corrected chi connectivity index (χ2v) is 9.82. The van der Waals surface area contributed by atoms with Gasteiger partial charge in [-0.3, -0.25) is 19.6 Å². The van der Waals surface area contributed by atoms with E-state index in [1.54, 1.807) is 13.8 Å². The van der Waals surface area contributed by atoms with Crippen molar-refractivity contribution in [2.75, 3.05) is 36.1 Å². The lowest BCUT2D eigenvalue weighted by molar-refractivity contribution is -0.142. The van der Waals surface area contributed by atoms with Crippen molar-refractivity contribution < 1.29 is 39.6 Å². The van der Waals surface area contributed by atoms with Crippen LogP contribution in [-0.2, 0) is 19.2 Å². The Balaban J connectivity index is -0.000000226. The molecule has 0 spiro atoms. The van der Waals surface area contributed by atoms with Gasteiger partial charge in [-0.1, -0.05) is 0 Å². The van der Waals surface area contributed by atoms with Gasteiger partial charge in [0, 0.05) is 48.3 Å². The molecule has 0 aliphatic heterocycles. The fraction of sp³-hybridized carbons (Fsp3) is 0.600. The maximum absolute atomic E-state index is 10.6. The maximum Gasteiger partial charge on any atom is 0.328 e. The van der Waals surface area contributed by atoms with Crippen LogP contribution in [-0.4, -0.2) is 103 Å². The molecule has 0 aliphatic carbocycles. The van der Waals surface area contributed by atoms with Gasteiger partial charge in [0.2, 0.25) is 0 Å². The highest BCUT2D eigenvalue weighted by molar-refractivity contribution is 7.99. The number of halogens is 1. The zero-order valence-electron chi connectivity index (χ0n) is 21.2. The Kier molecular flexibility index (Phi) is 25.5. The Labute approximate surface area is 230 Å². The second-order valence-electron chi connectivity index (χ2n) is 7.61. The van der Waals surface area contributed by atoms with Crippen LogP contribution in [0.1, 0.15) is 27.7 Å². The molecule has 0 rings (SSSR count). The van der Waals surface area contributed by atoms with Gasteiger partial charge in [0.15, 0.2) is 0 Å². The van der Waals surface area contributed by atoms with E-state index in [9.17, 15) is 19.2 Å². The Morgan fingerprint density at radius 1 is 0.730 bits per heavy atom.